The van der Waals surface area contributed by atoms with Crippen molar-refractivity contribution in [3.05, 3.63) is 101 Å². The third kappa shape index (κ3) is 3.44. The Bertz CT molecular complexity index is 1450. The number of Topliss-reactive ketones (excluding diaryl/α,β-unsaturated/α-hetero) is 1. The number of para-hydroxylation sites is 2. The Morgan fingerprint density at radius 2 is 1.79 bits per heavy atom. The molecule has 1 fully saturated rings. The van der Waals surface area contributed by atoms with Gasteiger partial charge in [-0.05, 0) is 43.7 Å². The average Bonchev–Trinajstić information content (AvgIpc) is 3.38. The maximum atomic E-state index is 13.4. The summed E-state index contributed by atoms with van der Waals surface area (Å²) in [4.78, 5) is 31.6. The van der Waals surface area contributed by atoms with Crippen LogP contribution in [0, 0.1) is 6.92 Å². The molecule has 1 aliphatic heterocycles. The fourth-order valence-corrected chi connectivity index (χ4v) is 4.58. The number of aryl methyl sites for hydroxylation is 1. The van der Waals surface area contributed by atoms with E-state index < -0.39 is 17.7 Å². The number of nitrogens with zero attached hydrogens (tertiary/aromatic N) is 1. The average molecular weight is 453 g/mol. The number of ether oxygens (including phenoxy) is 1. The van der Waals surface area contributed by atoms with Gasteiger partial charge in [0.1, 0.15) is 11.5 Å². The molecule has 1 aliphatic rings. The molecule has 170 valence electrons. The molecule has 0 bridgehead atoms. The van der Waals surface area contributed by atoms with Gasteiger partial charge in [0.15, 0.2) is 0 Å². The second-order valence-corrected chi connectivity index (χ2v) is 8.21. The largest absolute Gasteiger partial charge is 0.507 e. The molecule has 34 heavy (non-hydrogen) atoms. The fraction of sp³-hybridized carbons (Fsp3) is 0.143. The van der Waals surface area contributed by atoms with Crippen molar-refractivity contribution < 1.29 is 19.4 Å². The number of aromatic amines is 1. The lowest BCUT2D eigenvalue weighted by molar-refractivity contribution is -0.132. The van der Waals surface area contributed by atoms with Gasteiger partial charge in [0.25, 0.3) is 11.7 Å². The first-order valence-electron chi connectivity index (χ1n) is 11.2. The van der Waals surface area contributed by atoms with Gasteiger partial charge in [-0.25, -0.2) is 0 Å². The Kier molecular flexibility index (Phi) is 5.42. The van der Waals surface area contributed by atoms with Crippen molar-refractivity contribution in [3.8, 4) is 5.75 Å². The van der Waals surface area contributed by atoms with Crippen molar-refractivity contribution in [1.29, 1.82) is 0 Å². The number of aliphatic hydroxyl groups excluding tert-OH is 1. The van der Waals surface area contributed by atoms with E-state index in [-0.39, 0.29) is 11.3 Å². The summed E-state index contributed by atoms with van der Waals surface area (Å²) in [6.45, 7) is 4.24. The number of amides is 1. The third-order valence-electron chi connectivity index (χ3n) is 6.15. The predicted molar refractivity (Wildman–Crippen MR) is 132 cm³/mol. The van der Waals surface area contributed by atoms with Gasteiger partial charge in [0, 0.05) is 33.9 Å². The van der Waals surface area contributed by atoms with Crippen molar-refractivity contribution in [2.45, 2.75) is 19.9 Å². The smallest absolute Gasteiger partial charge is 0.300 e. The molecular weight excluding hydrogens is 428 g/mol. The van der Waals surface area contributed by atoms with Gasteiger partial charge in [0.2, 0.25) is 0 Å². The lowest BCUT2D eigenvalue weighted by Crippen LogP contribution is -2.30. The fourth-order valence-electron chi connectivity index (χ4n) is 4.58. The highest BCUT2D eigenvalue weighted by Crippen LogP contribution is 2.45. The number of hydrogen-bond acceptors (Lipinski definition) is 4. The molecule has 1 atom stereocenters. The van der Waals surface area contributed by atoms with Crippen molar-refractivity contribution in [2.24, 2.45) is 0 Å². The number of aromatic nitrogens is 1. The van der Waals surface area contributed by atoms with Crippen LogP contribution in [-0.4, -0.2) is 28.4 Å². The second-order valence-electron chi connectivity index (χ2n) is 8.21. The zero-order chi connectivity index (χ0) is 23.8. The van der Waals surface area contributed by atoms with Crippen molar-refractivity contribution in [2.75, 3.05) is 11.5 Å². The van der Waals surface area contributed by atoms with Crippen LogP contribution in [0.5, 0.6) is 5.75 Å². The van der Waals surface area contributed by atoms with E-state index in [1.54, 1.807) is 30.5 Å². The molecule has 2 N–H and O–H groups in total. The van der Waals surface area contributed by atoms with Crippen LogP contribution >= 0.6 is 0 Å². The number of rotatable bonds is 5. The van der Waals surface area contributed by atoms with Crippen LogP contribution in [0.1, 0.15) is 29.7 Å². The zero-order valence-electron chi connectivity index (χ0n) is 18.9. The summed E-state index contributed by atoms with van der Waals surface area (Å²) in [5.74, 6) is -1.06. The highest BCUT2D eigenvalue weighted by Gasteiger charge is 2.48. The van der Waals surface area contributed by atoms with Gasteiger partial charge in [0.05, 0.1) is 18.2 Å². The van der Waals surface area contributed by atoms with E-state index in [1.807, 2.05) is 62.4 Å². The van der Waals surface area contributed by atoms with Gasteiger partial charge < -0.3 is 14.8 Å². The van der Waals surface area contributed by atoms with Crippen LogP contribution in [0.25, 0.3) is 16.7 Å². The van der Waals surface area contributed by atoms with Crippen molar-refractivity contribution >= 4 is 34.0 Å². The van der Waals surface area contributed by atoms with Gasteiger partial charge in [-0.1, -0.05) is 48.5 Å². The monoisotopic (exact) mass is 452 g/mol. The van der Waals surface area contributed by atoms with Crippen LogP contribution in [0.4, 0.5) is 5.69 Å². The van der Waals surface area contributed by atoms with E-state index in [1.165, 1.54) is 4.90 Å². The molecule has 1 amide bonds. The first-order chi connectivity index (χ1) is 16.5. The number of carbonyl (C=O) groups is 2. The first kappa shape index (κ1) is 21.5. The number of aliphatic hydroxyl groups is 1. The molecule has 1 saturated heterocycles. The molecule has 2 heterocycles. The number of fused-ring (bicyclic) bond motifs is 1. The number of H-pyrrole nitrogens is 1. The zero-order valence-corrected chi connectivity index (χ0v) is 18.9. The Balaban J connectivity index is 1.77. The van der Waals surface area contributed by atoms with Crippen LogP contribution in [0.2, 0.25) is 0 Å². The standard InChI is InChI=1S/C28H24N2O4/c1-3-34-19-11-8-10-18(15-19)26(31)24-25(21-16-29-22-13-6-5-12-20(21)22)30(28(33)27(24)32)23-14-7-4-9-17(23)2/h4-16,25,29,31H,3H2,1-2H3/b26-24+. The molecular formula is C28H24N2O4. The predicted octanol–water partition coefficient (Wildman–Crippen LogP) is 5.50. The minimum atomic E-state index is -0.798. The molecule has 0 saturated carbocycles. The Hall–Kier alpha value is -4.32. The van der Waals surface area contributed by atoms with Gasteiger partial charge in [-0.15, -0.1) is 0 Å². The molecule has 6 heteroatoms. The molecule has 0 radical (unpaired) electrons. The Morgan fingerprint density at radius 1 is 1.03 bits per heavy atom. The van der Waals surface area contributed by atoms with Crippen LogP contribution in [-0.2, 0) is 9.59 Å². The summed E-state index contributed by atoms with van der Waals surface area (Å²) in [5, 5.41) is 12.3. The first-order valence-corrected chi connectivity index (χ1v) is 11.2. The molecule has 0 aliphatic carbocycles. The van der Waals surface area contributed by atoms with Gasteiger partial charge in [-0.3, -0.25) is 14.5 Å². The summed E-state index contributed by atoms with van der Waals surface area (Å²) in [6, 6.07) is 21.2. The lowest BCUT2D eigenvalue weighted by Gasteiger charge is -2.26. The van der Waals surface area contributed by atoms with Crippen LogP contribution in [0.3, 0.4) is 0 Å². The summed E-state index contributed by atoms with van der Waals surface area (Å²) < 4.78 is 5.57. The quantitative estimate of drug-likeness (QED) is 0.238. The minimum absolute atomic E-state index is 0.0478. The number of benzene rings is 3. The summed E-state index contributed by atoms with van der Waals surface area (Å²) in [7, 11) is 0. The van der Waals surface area contributed by atoms with Crippen LogP contribution < -0.4 is 9.64 Å². The van der Waals surface area contributed by atoms with Crippen molar-refractivity contribution in [3.63, 3.8) is 0 Å². The van der Waals surface area contributed by atoms with Gasteiger partial charge >= 0.3 is 0 Å². The van der Waals surface area contributed by atoms with E-state index in [0.717, 1.165) is 22.0 Å². The topological polar surface area (TPSA) is 82.6 Å². The SMILES string of the molecule is CCOc1cccc(/C(O)=C2\C(=O)C(=O)N(c3ccccc3C)C2c2c[nH]c3ccccc23)c1. The maximum absolute atomic E-state index is 13.4. The number of anilines is 1. The van der Waals surface area contributed by atoms with E-state index in [4.69, 9.17) is 4.74 Å². The molecule has 4 aromatic rings. The van der Waals surface area contributed by atoms with Gasteiger partial charge in [-0.2, -0.15) is 0 Å². The molecule has 0 spiro atoms. The number of nitrogens with one attached hydrogen (secondary N) is 1. The van der Waals surface area contributed by atoms with Crippen molar-refractivity contribution in [1.82, 2.24) is 4.98 Å². The Labute approximate surface area is 197 Å². The Morgan fingerprint density at radius 3 is 2.59 bits per heavy atom. The minimum Gasteiger partial charge on any atom is -0.507 e. The van der Waals surface area contributed by atoms with E-state index >= 15 is 0 Å². The summed E-state index contributed by atoms with van der Waals surface area (Å²) in [5.41, 5.74) is 3.56. The number of carbonyl (C=O) groups excluding carboxylic acids is 2. The number of hydrogen-bond donors (Lipinski definition) is 2. The molecule has 1 unspecified atom stereocenters. The molecule has 3 aromatic carbocycles. The number of ketones is 1. The van der Waals surface area contributed by atoms with E-state index in [9.17, 15) is 14.7 Å². The third-order valence-corrected chi connectivity index (χ3v) is 6.15. The summed E-state index contributed by atoms with van der Waals surface area (Å²) in [6.07, 6.45) is 1.80. The molecule has 6 nitrogen and oxygen atoms in total. The van der Waals surface area contributed by atoms with Crippen LogP contribution in [0.15, 0.2) is 84.6 Å². The lowest BCUT2D eigenvalue weighted by atomic mass is 9.94. The highest BCUT2D eigenvalue weighted by molar-refractivity contribution is 6.52. The normalized spacial score (nSPS) is 17.5. The molecule has 5 rings (SSSR count). The van der Waals surface area contributed by atoms with E-state index in [0.29, 0.717) is 23.6 Å². The summed E-state index contributed by atoms with van der Waals surface area (Å²) >= 11 is 0. The second kappa shape index (κ2) is 8.56. The maximum Gasteiger partial charge on any atom is 0.300 e. The molecule has 1 aromatic heterocycles. The highest BCUT2D eigenvalue weighted by atomic mass is 16.5. The van der Waals surface area contributed by atoms with E-state index in [2.05, 4.69) is 4.98 Å².